The third kappa shape index (κ3) is 2.61. The van der Waals surface area contributed by atoms with Gasteiger partial charge in [-0.1, -0.05) is 54.6 Å². The molecule has 1 unspecified atom stereocenters. The summed E-state index contributed by atoms with van der Waals surface area (Å²) in [5, 5.41) is 5.73. The Bertz CT molecular complexity index is 692. The van der Waals surface area contributed by atoms with Crippen LogP contribution in [0.4, 0.5) is 5.82 Å². The number of pyridine rings is 1. The van der Waals surface area contributed by atoms with Gasteiger partial charge in [0.15, 0.2) is 0 Å². The molecule has 100 valence electrons. The summed E-state index contributed by atoms with van der Waals surface area (Å²) >= 11 is 6.11. The molecule has 0 saturated carbocycles. The van der Waals surface area contributed by atoms with Crippen molar-refractivity contribution in [3.05, 3.63) is 72.4 Å². The number of halogens is 1. The zero-order chi connectivity index (χ0) is 13.8. The number of hydrogen-bond donors (Lipinski definition) is 1. The zero-order valence-corrected chi connectivity index (χ0v) is 11.7. The van der Waals surface area contributed by atoms with Gasteiger partial charge in [-0.3, -0.25) is 0 Å². The largest absolute Gasteiger partial charge is 0.362 e. The van der Waals surface area contributed by atoms with E-state index in [0.717, 1.165) is 16.8 Å². The Hall–Kier alpha value is -2.06. The maximum atomic E-state index is 6.11. The highest BCUT2D eigenvalue weighted by Gasteiger charge is 2.11. The average molecular weight is 283 g/mol. The maximum absolute atomic E-state index is 6.11. The summed E-state index contributed by atoms with van der Waals surface area (Å²) in [6.07, 6.45) is 1.82. The summed E-state index contributed by atoms with van der Waals surface area (Å²) in [6.45, 7) is 0. The molecule has 3 heteroatoms. The van der Waals surface area contributed by atoms with E-state index >= 15 is 0 Å². The molecule has 3 rings (SSSR count). The summed E-state index contributed by atoms with van der Waals surface area (Å²) in [7, 11) is 0. The fraction of sp³-hybridized carbons (Fsp3) is 0.118. The number of nitrogens with one attached hydrogen (secondary N) is 1. The number of nitrogens with zero attached hydrogens (tertiary/aromatic N) is 1. The minimum absolute atomic E-state index is 0.0520. The van der Waals surface area contributed by atoms with E-state index in [4.69, 9.17) is 11.6 Å². The van der Waals surface area contributed by atoms with Crippen LogP contribution in [0.1, 0.15) is 11.6 Å². The highest BCUT2D eigenvalue weighted by atomic mass is 35.5. The lowest BCUT2D eigenvalue weighted by Crippen LogP contribution is -2.13. The van der Waals surface area contributed by atoms with Crippen molar-refractivity contribution < 1.29 is 0 Å². The number of aromatic nitrogens is 1. The monoisotopic (exact) mass is 282 g/mol. The van der Waals surface area contributed by atoms with Gasteiger partial charge in [0, 0.05) is 17.5 Å². The van der Waals surface area contributed by atoms with Gasteiger partial charge in [0.1, 0.15) is 5.82 Å². The van der Waals surface area contributed by atoms with Gasteiger partial charge in [-0.2, -0.15) is 0 Å². The van der Waals surface area contributed by atoms with Gasteiger partial charge < -0.3 is 5.32 Å². The van der Waals surface area contributed by atoms with Crippen LogP contribution < -0.4 is 5.32 Å². The van der Waals surface area contributed by atoms with Crippen LogP contribution in [0.15, 0.2) is 66.9 Å². The van der Waals surface area contributed by atoms with Gasteiger partial charge in [-0.15, -0.1) is 11.6 Å². The van der Waals surface area contributed by atoms with Crippen LogP contribution in [0.5, 0.6) is 0 Å². The van der Waals surface area contributed by atoms with E-state index in [1.807, 2.05) is 42.6 Å². The van der Waals surface area contributed by atoms with E-state index in [-0.39, 0.29) is 6.04 Å². The van der Waals surface area contributed by atoms with E-state index in [2.05, 4.69) is 34.6 Å². The predicted molar refractivity (Wildman–Crippen MR) is 85.3 cm³/mol. The normalized spacial score (nSPS) is 12.2. The Kier molecular flexibility index (Phi) is 3.84. The van der Waals surface area contributed by atoms with E-state index < -0.39 is 0 Å². The number of alkyl halides is 1. The van der Waals surface area contributed by atoms with Crippen molar-refractivity contribution in [3.63, 3.8) is 0 Å². The molecule has 0 aliphatic rings. The van der Waals surface area contributed by atoms with Gasteiger partial charge in [-0.05, 0) is 17.0 Å². The van der Waals surface area contributed by atoms with Crippen LogP contribution in [0, 0.1) is 0 Å². The molecule has 0 saturated heterocycles. The first-order valence-electron chi connectivity index (χ1n) is 6.59. The highest BCUT2D eigenvalue weighted by molar-refractivity contribution is 6.18. The standard InChI is InChI=1S/C17H15ClN2/c18-12-16(14-7-2-1-3-8-14)20-17-15-9-5-4-6-13(15)10-11-19-17/h1-11,16H,12H2,(H,19,20). The molecule has 20 heavy (non-hydrogen) atoms. The lowest BCUT2D eigenvalue weighted by molar-refractivity contribution is 0.886. The molecule has 0 radical (unpaired) electrons. The van der Waals surface area contributed by atoms with E-state index in [0.29, 0.717) is 5.88 Å². The molecule has 0 spiro atoms. The maximum Gasteiger partial charge on any atom is 0.134 e. The molecule has 1 heterocycles. The Labute approximate surface area is 123 Å². The van der Waals surface area contributed by atoms with Crippen molar-refractivity contribution in [2.24, 2.45) is 0 Å². The van der Waals surface area contributed by atoms with Crippen LogP contribution in [-0.2, 0) is 0 Å². The number of anilines is 1. The van der Waals surface area contributed by atoms with Crippen molar-refractivity contribution in [1.82, 2.24) is 4.98 Å². The van der Waals surface area contributed by atoms with Gasteiger partial charge >= 0.3 is 0 Å². The minimum Gasteiger partial charge on any atom is -0.362 e. The summed E-state index contributed by atoms with van der Waals surface area (Å²) < 4.78 is 0. The lowest BCUT2D eigenvalue weighted by Gasteiger charge is -2.18. The first-order valence-corrected chi connectivity index (χ1v) is 7.13. The second kappa shape index (κ2) is 5.93. The fourth-order valence-electron chi connectivity index (χ4n) is 2.30. The molecular formula is C17H15ClN2. The number of hydrogen-bond acceptors (Lipinski definition) is 2. The van der Waals surface area contributed by atoms with Crippen molar-refractivity contribution in [1.29, 1.82) is 0 Å². The third-order valence-corrected chi connectivity index (χ3v) is 3.65. The number of rotatable bonds is 4. The van der Waals surface area contributed by atoms with E-state index in [9.17, 15) is 0 Å². The van der Waals surface area contributed by atoms with Crippen LogP contribution in [-0.4, -0.2) is 10.9 Å². The summed E-state index contributed by atoms with van der Waals surface area (Å²) in [5.74, 6) is 1.37. The first kappa shape index (κ1) is 12.9. The molecule has 2 nitrogen and oxygen atoms in total. The Morgan fingerprint density at radius 1 is 0.950 bits per heavy atom. The molecule has 1 N–H and O–H groups in total. The molecule has 0 bridgehead atoms. The van der Waals surface area contributed by atoms with Crippen LogP contribution in [0.25, 0.3) is 10.8 Å². The van der Waals surface area contributed by atoms with Crippen molar-refractivity contribution >= 4 is 28.2 Å². The van der Waals surface area contributed by atoms with Crippen LogP contribution in [0.2, 0.25) is 0 Å². The summed E-state index contributed by atoms with van der Waals surface area (Å²) in [5.41, 5.74) is 1.16. The molecule has 0 aliphatic carbocycles. The third-order valence-electron chi connectivity index (χ3n) is 3.34. The van der Waals surface area contributed by atoms with Crippen molar-refractivity contribution in [2.45, 2.75) is 6.04 Å². The van der Waals surface area contributed by atoms with Crippen LogP contribution in [0.3, 0.4) is 0 Å². The van der Waals surface area contributed by atoms with Gasteiger partial charge in [0.05, 0.1) is 6.04 Å². The van der Waals surface area contributed by atoms with Crippen molar-refractivity contribution in [2.75, 3.05) is 11.2 Å². The Balaban J connectivity index is 1.96. The number of fused-ring (bicyclic) bond motifs is 1. The molecule has 2 aromatic carbocycles. The van der Waals surface area contributed by atoms with Gasteiger partial charge in [-0.25, -0.2) is 4.98 Å². The van der Waals surface area contributed by atoms with Gasteiger partial charge in [0.2, 0.25) is 0 Å². The SMILES string of the molecule is ClCC(Nc1nccc2ccccc12)c1ccccc1. The van der Waals surface area contributed by atoms with E-state index in [1.54, 1.807) is 0 Å². The molecule has 3 aromatic rings. The molecule has 1 aromatic heterocycles. The molecule has 1 atom stereocenters. The second-order valence-electron chi connectivity index (χ2n) is 4.64. The topological polar surface area (TPSA) is 24.9 Å². The second-order valence-corrected chi connectivity index (χ2v) is 4.95. The lowest BCUT2D eigenvalue weighted by atomic mass is 10.1. The molecular weight excluding hydrogens is 268 g/mol. The number of benzene rings is 2. The Morgan fingerprint density at radius 3 is 2.50 bits per heavy atom. The summed E-state index contributed by atoms with van der Waals surface area (Å²) in [6, 6.07) is 20.5. The average Bonchev–Trinajstić information content (AvgIpc) is 2.53. The predicted octanol–water partition coefficient (Wildman–Crippen LogP) is 4.63. The van der Waals surface area contributed by atoms with Crippen LogP contribution >= 0.6 is 11.6 Å². The van der Waals surface area contributed by atoms with Crippen molar-refractivity contribution in [3.8, 4) is 0 Å². The smallest absolute Gasteiger partial charge is 0.134 e. The van der Waals surface area contributed by atoms with Gasteiger partial charge in [0.25, 0.3) is 0 Å². The Morgan fingerprint density at radius 2 is 1.70 bits per heavy atom. The minimum atomic E-state index is 0.0520. The highest BCUT2D eigenvalue weighted by Crippen LogP contribution is 2.25. The molecule has 0 aliphatic heterocycles. The quantitative estimate of drug-likeness (QED) is 0.706. The first-order chi connectivity index (χ1) is 9.88. The zero-order valence-electron chi connectivity index (χ0n) is 11.0. The summed E-state index contributed by atoms with van der Waals surface area (Å²) in [4.78, 5) is 4.45. The fourth-order valence-corrected chi connectivity index (χ4v) is 2.55. The van der Waals surface area contributed by atoms with E-state index in [1.165, 1.54) is 5.39 Å². The molecule has 0 amide bonds. The molecule has 0 fully saturated rings.